The van der Waals surface area contributed by atoms with Crippen molar-refractivity contribution in [2.75, 3.05) is 14.2 Å². The summed E-state index contributed by atoms with van der Waals surface area (Å²) in [6, 6.07) is 14.0. The molecule has 2 aromatic rings. The smallest absolute Gasteiger partial charge is 0.360 e. The first kappa shape index (κ1) is 18.5. The maximum absolute atomic E-state index is 12.0. The summed E-state index contributed by atoms with van der Waals surface area (Å²) in [5, 5.41) is 3.84. The fraction of sp³-hybridized carbons (Fsp3) is 0.222. The van der Waals surface area contributed by atoms with E-state index in [4.69, 9.17) is 9.57 Å². The van der Waals surface area contributed by atoms with Crippen LogP contribution in [-0.2, 0) is 20.1 Å². The largest absolute Gasteiger partial charge is 0.464 e. The van der Waals surface area contributed by atoms with Crippen molar-refractivity contribution in [1.82, 2.24) is 0 Å². The van der Waals surface area contributed by atoms with E-state index in [2.05, 4.69) is 52.3 Å². The zero-order chi connectivity index (χ0) is 17.5. The fourth-order valence-corrected chi connectivity index (χ4v) is 3.81. The van der Waals surface area contributed by atoms with Crippen molar-refractivity contribution in [2.24, 2.45) is 5.16 Å². The van der Waals surface area contributed by atoms with Crippen molar-refractivity contribution in [1.29, 1.82) is 0 Å². The van der Waals surface area contributed by atoms with Gasteiger partial charge in [0.2, 0.25) is 0 Å². The molecule has 0 aliphatic heterocycles. The van der Waals surface area contributed by atoms with E-state index in [0.717, 1.165) is 15.1 Å². The highest BCUT2D eigenvalue weighted by Gasteiger charge is 2.21. The van der Waals surface area contributed by atoms with Crippen LogP contribution in [0.4, 0.5) is 0 Å². The third kappa shape index (κ3) is 4.61. The number of hydrogen-bond acceptors (Lipinski definition) is 5. The van der Waals surface area contributed by atoms with Gasteiger partial charge in [0.05, 0.1) is 7.11 Å². The van der Waals surface area contributed by atoms with E-state index in [0.29, 0.717) is 5.56 Å². The van der Waals surface area contributed by atoms with E-state index in [9.17, 15) is 4.79 Å². The molecule has 0 bridgehead atoms. The second kappa shape index (κ2) is 8.89. The Kier molecular flexibility index (Phi) is 6.87. The third-order valence-corrected chi connectivity index (χ3v) is 5.42. The molecule has 6 heteroatoms. The zero-order valence-electron chi connectivity index (χ0n) is 13.7. The molecule has 0 fully saturated rings. The number of thioether (sulfide) groups is 1. The minimum absolute atomic E-state index is 0.146. The van der Waals surface area contributed by atoms with Gasteiger partial charge in [-0.25, -0.2) is 4.79 Å². The number of carbonyl (C=O) groups excluding carboxylic acids is 1. The van der Waals surface area contributed by atoms with Crippen LogP contribution in [0.25, 0.3) is 0 Å². The predicted octanol–water partition coefficient (Wildman–Crippen LogP) is 4.57. The molecule has 2 rings (SSSR count). The maximum Gasteiger partial charge on any atom is 0.360 e. The monoisotopic (exact) mass is 407 g/mol. The van der Waals surface area contributed by atoms with Gasteiger partial charge in [-0.2, -0.15) is 0 Å². The van der Waals surface area contributed by atoms with Crippen molar-refractivity contribution < 1.29 is 14.4 Å². The molecule has 0 spiro atoms. The number of carbonyl (C=O) groups is 1. The van der Waals surface area contributed by atoms with Gasteiger partial charge in [-0.05, 0) is 34.5 Å². The van der Waals surface area contributed by atoms with Crippen LogP contribution in [0.15, 0.2) is 57.0 Å². The number of esters is 1. The van der Waals surface area contributed by atoms with E-state index in [1.807, 2.05) is 18.2 Å². The molecule has 0 heterocycles. The molecule has 24 heavy (non-hydrogen) atoms. The number of nitrogens with zero attached hydrogens (tertiary/aromatic N) is 1. The number of hydrogen-bond donors (Lipinski definition) is 0. The lowest BCUT2D eigenvalue weighted by molar-refractivity contribution is -0.132. The molecule has 0 unspecified atom stereocenters. The Balaban J connectivity index is 2.33. The molecular weight excluding hydrogens is 390 g/mol. The summed E-state index contributed by atoms with van der Waals surface area (Å²) in [6.45, 7) is 2.06. The van der Waals surface area contributed by atoms with Crippen LogP contribution in [0.5, 0.6) is 0 Å². The lowest BCUT2D eigenvalue weighted by Crippen LogP contribution is -2.18. The van der Waals surface area contributed by atoms with Crippen LogP contribution >= 0.6 is 27.7 Å². The maximum atomic E-state index is 12.0. The molecule has 0 saturated carbocycles. The Morgan fingerprint density at radius 2 is 1.88 bits per heavy atom. The summed E-state index contributed by atoms with van der Waals surface area (Å²) < 4.78 is 5.71. The van der Waals surface area contributed by atoms with Gasteiger partial charge >= 0.3 is 5.97 Å². The van der Waals surface area contributed by atoms with E-state index < -0.39 is 5.97 Å². The standard InChI is InChI=1S/C18H18BrNO3S/c1-12-7-9-13(10-8-12)11-24-17-14(5-4-6-15(17)19)16(20-23-3)18(21)22-2/h4-10H,11H2,1-3H3/b20-16-. The van der Waals surface area contributed by atoms with Crippen LogP contribution in [-0.4, -0.2) is 25.9 Å². The molecule has 4 nitrogen and oxygen atoms in total. The van der Waals surface area contributed by atoms with Gasteiger partial charge in [0.15, 0.2) is 5.71 Å². The molecule has 0 aliphatic carbocycles. The zero-order valence-corrected chi connectivity index (χ0v) is 16.1. The molecule has 0 N–H and O–H groups in total. The highest BCUT2D eigenvalue weighted by Crippen LogP contribution is 2.34. The fourth-order valence-electron chi connectivity index (χ4n) is 2.07. The van der Waals surface area contributed by atoms with Gasteiger partial charge in [-0.3, -0.25) is 0 Å². The first-order valence-corrected chi connectivity index (χ1v) is 9.01. The Labute approximate surface area is 154 Å². The third-order valence-electron chi connectivity index (χ3n) is 3.29. The second-order valence-corrected chi connectivity index (χ2v) is 6.84. The molecule has 0 amide bonds. The average molecular weight is 408 g/mol. The van der Waals surface area contributed by atoms with Gasteiger partial charge in [0.25, 0.3) is 0 Å². The summed E-state index contributed by atoms with van der Waals surface area (Å²) >= 11 is 5.18. The Bertz CT molecular complexity index is 744. The molecular formula is C18H18BrNO3S. The summed E-state index contributed by atoms with van der Waals surface area (Å²) in [5.74, 6) is 0.240. The van der Waals surface area contributed by atoms with Crippen LogP contribution in [0.1, 0.15) is 16.7 Å². The van der Waals surface area contributed by atoms with Crippen LogP contribution in [0.2, 0.25) is 0 Å². The van der Waals surface area contributed by atoms with Gasteiger partial charge in [-0.1, -0.05) is 47.1 Å². The normalized spacial score (nSPS) is 11.2. The minimum Gasteiger partial charge on any atom is -0.464 e. The van der Waals surface area contributed by atoms with E-state index >= 15 is 0 Å². The Morgan fingerprint density at radius 1 is 1.17 bits per heavy atom. The minimum atomic E-state index is -0.535. The number of oxime groups is 1. The quantitative estimate of drug-likeness (QED) is 0.304. The highest BCUT2D eigenvalue weighted by atomic mass is 79.9. The predicted molar refractivity (Wildman–Crippen MR) is 100 cm³/mol. The van der Waals surface area contributed by atoms with Gasteiger partial charge in [0, 0.05) is 20.7 Å². The van der Waals surface area contributed by atoms with Crippen LogP contribution in [0, 0.1) is 6.92 Å². The molecule has 0 aliphatic rings. The molecule has 0 radical (unpaired) electrons. The van der Waals surface area contributed by atoms with E-state index in [1.54, 1.807) is 11.8 Å². The number of ether oxygens (including phenoxy) is 1. The first-order chi connectivity index (χ1) is 11.6. The molecule has 0 atom stereocenters. The number of aryl methyl sites for hydroxylation is 1. The summed E-state index contributed by atoms with van der Waals surface area (Å²) in [7, 11) is 2.73. The molecule has 0 saturated heterocycles. The summed E-state index contributed by atoms with van der Waals surface area (Å²) in [5.41, 5.74) is 3.25. The molecule has 2 aromatic carbocycles. The SMILES string of the molecule is CO/N=C(\C(=O)OC)c1cccc(Br)c1SCc1ccc(C)cc1. The lowest BCUT2D eigenvalue weighted by atomic mass is 10.1. The summed E-state index contributed by atoms with van der Waals surface area (Å²) in [4.78, 5) is 17.8. The second-order valence-electron chi connectivity index (χ2n) is 5.00. The number of methoxy groups -OCH3 is 1. The average Bonchev–Trinajstić information content (AvgIpc) is 2.59. The highest BCUT2D eigenvalue weighted by molar-refractivity contribution is 9.10. The van der Waals surface area contributed by atoms with Crippen LogP contribution < -0.4 is 0 Å². The van der Waals surface area contributed by atoms with Gasteiger partial charge < -0.3 is 9.57 Å². The van der Waals surface area contributed by atoms with Gasteiger partial charge in [0.1, 0.15) is 7.11 Å². The van der Waals surface area contributed by atoms with Crippen molar-refractivity contribution in [3.05, 3.63) is 63.6 Å². The molecule has 0 aromatic heterocycles. The van der Waals surface area contributed by atoms with E-state index in [-0.39, 0.29) is 5.71 Å². The Morgan fingerprint density at radius 3 is 2.50 bits per heavy atom. The Hall–Kier alpha value is -1.79. The molecule has 126 valence electrons. The number of halogens is 1. The van der Waals surface area contributed by atoms with Crippen molar-refractivity contribution in [2.45, 2.75) is 17.6 Å². The number of rotatable bonds is 6. The van der Waals surface area contributed by atoms with Crippen molar-refractivity contribution in [3.8, 4) is 0 Å². The first-order valence-electron chi connectivity index (χ1n) is 7.23. The lowest BCUT2D eigenvalue weighted by Gasteiger charge is -2.12. The van der Waals surface area contributed by atoms with Crippen LogP contribution in [0.3, 0.4) is 0 Å². The van der Waals surface area contributed by atoms with Crippen molar-refractivity contribution in [3.63, 3.8) is 0 Å². The number of benzene rings is 2. The van der Waals surface area contributed by atoms with Gasteiger partial charge in [-0.15, -0.1) is 11.8 Å². The summed E-state index contributed by atoms with van der Waals surface area (Å²) in [6.07, 6.45) is 0. The topological polar surface area (TPSA) is 47.9 Å². The van der Waals surface area contributed by atoms with Crippen molar-refractivity contribution >= 4 is 39.4 Å². The van der Waals surface area contributed by atoms with E-state index in [1.165, 1.54) is 25.3 Å².